The maximum Gasteiger partial charge on any atom is 0.191 e. The number of hydrogen-bond donors (Lipinski definition) is 1. The van der Waals surface area contributed by atoms with E-state index in [1.165, 1.54) is 0 Å². The average molecular weight is 242 g/mol. The summed E-state index contributed by atoms with van der Waals surface area (Å²) in [4.78, 5) is 0. The predicted molar refractivity (Wildman–Crippen MR) is 71.8 cm³/mol. The van der Waals surface area contributed by atoms with Gasteiger partial charge in [0.15, 0.2) is 8.32 Å². The third-order valence-electron chi connectivity index (χ3n) is 3.03. The van der Waals surface area contributed by atoms with Gasteiger partial charge in [-0.3, -0.25) is 0 Å². The molecule has 1 N–H and O–H groups in total. The van der Waals surface area contributed by atoms with Crippen molar-refractivity contribution in [2.75, 3.05) is 6.61 Å². The summed E-state index contributed by atoms with van der Waals surface area (Å²) >= 11 is 0. The first kappa shape index (κ1) is 15.7. The first-order valence-electron chi connectivity index (χ1n) is 5.97. The monoisotopic (exact) mass is 242 g/mol. The van der Waals surface area contributed by atoms with Crippen LogP contribution in [0.15, 0.2) is 0 Å². The van der Waals surface area contributed by atoms with E-state index in [1.807, 2.05) is 0 Å². The van der Waals surface area contributed by atoms with Crippen LogP contribution in [0.25, 0.3) is 0 Å². The fraction of sp³-hybridized carbons (Fsp3) is 0.846. The van der Waals surface area contributed by atoms with E-state index in [9.17, 15) is 0 Å². The molecule has 3 heteroatoms. The smallest absolute Gasteiger partial charge is 0.191 e. The molecule has 0 aliphatic carbocycles. The standard InChI is InChI=1S/C13H26O2Si/c1-12(14)10-8-7-9-11-15-16(5,6)13(2,3)4/h12,14H,7,9,11H2,1-6H3. The summed E-state index contributed by atoms with van der Waals surface area (Å²) in [6.07, 6.45) is 1.24. The molecule has 1 atom stereocenters. The van der Waals surface area contributed by atoms with Crippen LogP contribution < -0.4 is 0 Å². The molecule has 0 aromatic carbocycles. The first-order chi connectivity index (χ1) is 7.17. The zero-order valence-electron chi connectivity index (χ0n) is 11.6. The second-order valence-corrected chi connectivity index (χ2v) is 10.5. The minimum absolute atomic E-state index is 0.276. The van der Waals surface area contributed by atoms with E-state index >= 15 is 0 Å². The highest BCUT2D eigenvalue weighted by atomic mass is 28.4. The molecule has 0 radical (unpaired) electrons. The van der Waals surface area contributed by atoms with Crippen LogP contribution >= 0.6 is 0 Å². The Hall–Kier alpha value is -0.303. The summed E-state index contributed by atoms with van der Waals surface area (Å²) in [5, 5.41) is 9.22. The van der Waals surface area contributed by atoms with E-state index < -0.39 is 14.4 Å². The summed E-state index contributed by atoms with van der Waals surface area (Å²) in [5.74, 6) is 5.68. The highest BCUT2D eigenvalue weighted by molar-refractivity contribution is 6.74. The number of rotatable bonds is 4. The molecule has 0 aromatic heterocycles. The number of aliphatic hydroxyl groups excluding tert-OH is 1. The van der Waals surface area contributed by atoms with Gasteiger partial charge >= 0.3 is 0 Å². The Bertz CT molecular complexity index is 253. The van der Waals surface area contributed by atoms with Crippen molar-refractivity contribution in [3.8, 4) is 11.8 Å². The van der Waals surface area contributed by atoms with Crippen molar-refractivity contribution >= 4 is 8.32 Å². The quantitative estimate of drug-likeness (QED) is 0.466. The Balaban J connectivity index is 3.81. The lowest BCUT2D eigenvalue weighted by atomic mass is 10.2. The van der Waals surface area contributed by atoms with E-state index in [2.05, 4.69) is 45.7 Å². The molecule has 0 aromatic rings. The van der Waals surface area contributed by atoms with Crippen LogP contribution in [0.4, 0.5) is 0 Å². The minimum atomic E-state index is -1.58. The molecular formula is C13H26O2Si. The molecule has 0 fully saturated rings. The summed E-state index contributed by atoms with van der Waals surface area (Å²) in [6.45, 7) is 13.7. The van der Waals surface area contributed by atoms with Gasteiger partial charge in [-0.15, -0.1) is 5.92 Å². The van der Waals surface area contributed by atoms with Crippen molar-refractivity contribution in [1.29, 1.82) is 0 Å². The van der Waals surface area contributed by atoms with Gasteiger partial charge in [-0.2, -0.15) is 0 Å². The summed E-state index contributed by atoms with van der Waals surface area (Å²) in [5.41, 5.74) is 0. The molecule has 0 aliphatic rings. The average Bonchev–Trinajstić information content (AvgIpc) is 2.08. The van der Waals surface area contributed by atoms with Crippen LogP contribution in [0.5, 0.6) is 0 Å². The van der Waals surface area contributed by atoms with Crippen LogP contribution in [-0.2, 0) is 4.43 Å². The third-order valence-corrected chi connectivity index (χ3v) is 7.56. The largest absolute Gasteiger partial charge is 0.417 e. The van der Waals surface area contributed by atoms with Crippen molar-refractivity contribution in [3.63, 3.8) is 0 Å². The lowest BCUT2D eigenvalue weighted by Crippen LogP contribution is -2.40. The van der Waals surface area contributed by atoms with E-state index in [4.69, 9.17) is 9.53 Å². The van der Waals surface area contributed by atoms with Crippen molar-refractivity contribution in [1.82, 2.24) is 0 Å². The van der Waals surface area contributed by atoms with Crippen LogP contribution in [0.1, 0.15) is 40.5 Å². The molecule has 16 heavy (non-hydrogen) atoms. The fourth-order valence-corrected chi connectivity index (χ4v) is 2.01. The van der Waals surface area contributed by atoms with Gasteiger partial charge in [-0.1, -0.05) is 26.7 Å². The molecule has 0 bridgehead atoms. The normalized spacial score (nSPS) is 14.2. The number of unbranched alkanes of at least 4 members (excludes halogenated alkanes) is 1. The van der Waals surface area contributed by atoms with Gasteiger partial charge in [0.25, 0.3) is 0 Å². The van der Waals surface area contributed by atoms with Gasteiger partial charge in [0.2, 0.25) is 0 Å². The van der Waals surface area contributed by atoms with Gasteiger partial charge in [0.05, 0.1) is 0 Å². The maximum absolute atomic E-state index is 8.95. The molecule has 0 heterocycles. The van der Waals surface area contributed by atoms with Crippen LogP contribution in [0, 0.1) is 11.8 Å². The number of aliphatic hydroxyl groups is 1. The summed E-state index contributed by atoms with van der Waals surface area (Å²) in [6, 6.07) is 0. The van der Waals surface area contributed by atoms with Gasteiger partial charge < -0.3 is 9.53 Å². The highest BCUT2D eigenvalue weighted by Crippen LogP contribution is 2.36. The zero-order chi connectivity index (χ0) is 12.8. The second kappa shape index (κ2) is 6.44. The molecule has 0 saturated carbocycles. The Morgan fingerprint density at radius 1 is 1.31 bits per heavy atom. The summed E-state index contributed by atoms with van der Waals surface area (Å²) < 4.78 is 6.01. The molecule has 1 unspecified atom stereocenters. The second-order valence-electron chi connectivity index (χ2n) is 5.71. The predicted octanol–water partition coefficient (Wildman–Crippen LogP) is 3.17. The van der Waals surface area contributed by atoms with Gasteiger partial charge in [0, 0.05) is 13.0 Å². The zero-order valence-corrected chi connectivity index (χ0v) is 12.6. The van der Waals surface area contributed by atoms with Crippen LogP contribution in [0.3, 0.4) is 0 Å². The van der Waals surface area contributed by atoms with Crippen molar-refractivity contribution in [3.05, 3.63) is 0 Å². The van der Waals surface area contributed by atoms with Crippen molar-refractivity contribution in [2.45, 2.75) is 64.8 Å². The Morgan fingerprint density at radius 2 is 1.88 bits per heavy atom. The summed E-state index contributed by atoms with van der Waals surface area (Å²) in [7, 11) is -1.58. The van der Waals surface area contributed by atoms with Gasteiger partial charge in [-0.25, -0.2) is 0 Å². The van der Waals surface area contributed by atoms with Crippen molar-refractivity contribution in [2.24, 2.45) is 0 Å². The topological polar surface area (TPSA) is 29.5 Å². The minimum Gasteiger partial charge on any atom is -0.417 e. The van der Waals surface area contributed by atoms with E-state index in [0.717, 1.165) is 19.4 Å². The molecular weight excluding hydrogens is 216 g/mol. The van der Waals surface area contributed by atoms with Crippen LogP contribution in [0.2, 0.25) is 18.1 Å². The van der Waals surface area contributed by atoms with Crippen molar-refractivity contribution < 1.29 is 9.53 Å². The Labute approximate surface area is 102 Å². The van der Waals surface area contributed by atoms with Crippen LogP contribution in [-0.4, -0.2) is 26.1 Å². The SMILES string of the molecule is CC(O)C#CCCCO[Si](C)(C)C(C)(C)C. The number of hydrogen-bond acceptors (Lipinski definition) is 2. The molecule has 0 amide bonds. The molecule has 0 saturated heterocycles. The molecule has 94 valence electrons. The molecule has 2 nitrogen and oxygen atoms in total. The van der Waals surface area contributed by atoms with Gasteiger partial charge in [-0.05, 0) is 31.5 Å². The van der Waals surface area contributed by atoms with E-state index in [1.54, 1.807) is 6.92 Å². The van der Waals surface area contributed by atoms with Gasteiger partial charge in [0.1, 0.15) is 6.10 Å². The Kier molecular flexibility index (Phi) is 6.31. The molecule has 0 aliphatic heterocycles. The first-order valence-corrected chi connectivity index (χ1v) is 8.88. The fourth-order valence-electron chi connectivity index (χ4n) is 0.924. The van der Waals surface area contributed by atoms with E-state index in [-0.39, 0.29) is 5.04 Å². The van der Waals surface area contributed by atoms with E-state index in [0.29, 0.717) is 0 Å². The molecule has 0 spiro atoms. The lowest BCUT2D eigenvalue weighted by Gasteiger charge is -2.36. The third kappa shape index (κ3) is 6.32. The Morgan fingerprint density at radius 3 is 2.31 bits per heavy atom. The molecule has 0 rings (SSSR count). The highest BCUT2D eigenvalue weighted by Gasteiger charge is 2.36. The maximum atomic E-state index is 8.95. The lowest BCUT2D eigenvalue weighted by molar-refractivity contribution is 0.253.